The summed E-state index contributed by atoms with van der Waals surface area (Å²) < 4.78 is 5.43. The van der Waals surface area contributed by atoms with E-state index >= 15 is 0 Å². The molecule has 1 aromatic rings. The molecule has 77 valence electrons. The van der Waals surface area contributed by atoms with Crippen molar-refractivity contribution >= 4 is 39.1 Å². The highest BCUT2D eigenvalue weighted by Crippen LogP contribution is 2.26. The molecule has 0 N–H and O–H groups in total. The molecule has 0 heterocycles. The number of ether oxygens (including phenoxy) is 1. The van der Waals surface area contributed by atoms with Crippen molar-refractivity contribution in [1.29, 1.82) is 0 Å². The summed E-state index contributed by atoms with van der Waals surface area (Å²) >= 11 is 15.0. The summed E-state index contributed by atoms with van der Waals surface area (Å²) in [7, 11) is 0. The third kappa shape index (κ3) is 4.07. The largest absolute Gasteiger partial charge is 0.491 e. The lowest BCUT2D eigenvalue weighted by molar-refractivity contribution is 0.309. The van der Waals surface area contributed by atoms with Crippen LogP contribution in [0.3, 0.4) is 0 Å². The van der Waals surface area contributed by atoms with Crippen LogP contribution in [0.5, 0.6) is 5.75 Å². The average Bonchev–Trinajstić information content (AvgIpc) is 2.15. The van der Waals surface area contributed by atoms with Crippen molar-refractivity contribution < 1.29 is 4.74 Å². The summed E-state index contributed by atoms with van der Waals surface area (Å²) in [6.07, 6.45) is 2.09. The van der Waals surface area contributed by atoms with Gasteiger partial charge in [-0.05, 0) is 25.0 Å². The van der Waals surface area contributed by atoms with E-state index in [1.807, 2.05) is 0 Å². The van der Waals surface area contributed by atoms with Gasteiger partial charge in [0.15, 0.2) is 0 Å². The third-order valence-corrected chi connectivity index (χ3v) is 2.66. The second-order valence-electron chi connectivity index (χ2n) is 2.74. The number of rotatable bonds is 5. The first-order valence-corrected chi connectivity index (χ1v) is 6.17. The Hall–Kier alpha value is 0.0800. The lowest BCUT2D eigenvalue weighted by Crippen LogP contribution is -1.98. The van der Waals surface area contributed by atoms with E-state index in [1.165, 1.54) is 0 Å². The quantitative estimate of drug-likeness (QED) is 0.580. The summed E-state index contributed by atoms with van der Waals surface area (Å²) in [5.74, 6) is 0.575. The number of hydrogen-bond donors (Lipinski definition) is 0. The van der Waals surface area contributed by atoms with Crippen molar-refractivity contribution in [3.63, 3.8) is 0 Å². The van der Waals surface area contributed by atoms with Crippen LogP contribution < -0.4 is 4.74 Å². The van der Waals surface area contributed by atoms with Gasteiger partial charge in [0, 0.05) is 16.4 Å². The van der Waals surface area contributed by atoms with Crippen LogP contribution in [0, 0.1) is 6.07 Å². The Morgan fingerprint density at radius 3 is 2.79 bits per heavy atom. The molecule has 0 fully saturated rings. The molecule has 0 saturated carbocycles. The first kappa shape index (κ1) is 12.2. The molecule has 0 unspecified atom stereocenters. The van der Waals surface area contributed by atoms with Gasteiger partial charge in [-0.2, -0.15) is 0 Å². The molecular formula is C10H10BrCl2O. The van der Waals surface area contributed by atoms with Gasteiger partial charge in [0.25, 0.3) is 0 Å². The highest BCUT2D eigenvalue weighted by Gasteiger charge is 2.01. The average molecular weight is 297 g/mol. The Kier molecular flexibility index (Phi) is 5.68. The zero-order chi connectivity index (χ0) is 10.4. The molecule has 0 aliphatic heterocycles. The Morgan fingerprint density at radius 1 is 1.36 bits per heavy atom. The van der Waals surface area contributed by atoms with E-state index in [1.54, 1.807) is 12.1 Å². The van der Waals surface area contributed by atoms with Crippen LogP contribution in [0.25, 0.3) is 0 Å². The predicted octanol–water partition coefficient (Wildman–Crippen LogP) is 4.35. The van der Waals surface area contributed by atoms with Crippen LogP contribution in [0.4, 0.5) is 0 Å². The van der Waals surface area contributed by atoms with E-state index in [9.17, 15) is 0 Å². The highest BCUT2D eigenvalue weighted by atomic mass is 79.9. The second-order valence-corrected chi connectivity index (χ2v) is 4.38. The van der Waals surface area contributed by atoms with Gasteiger partial charge in [0.05, 0.1) is 11.6 Å². The van der Waals surface area contributed by atoms with Gasteiger partial charge in [-0.15, -0.1) is 0 Å². The smallest absolute Gasteiger partial charge is 0.145 e. The summed E-state index contributed by atoms with van der Waals surface area (Å²) in [6.45, 7) is 0.656. The first-order valence-electron chi connectivity index (χ1n) is 4.29. The van der Waals surface area contributed by atoms with E-state index in [0.29, 0.717) is 22.4 Å². The second kappa shape index (κ2) is 6.54. The summed E-state index contributed by atoms with van der Waals surface area (Å²) in [4.78, 5) is 0. The van der Waals surface area contributed by atoms with Gasteiger partial charge >= 0.3 is 0 Å². The number of hydrogen-bond acceptors (Lipinski definition) is 1. The van der Waals surface area contributed by atoms with Gasteiger partial charge in [-0.25, -0.2) is 0 Å². The van der Waals surface area contributed by atoms with Crippen molar-refractivity contribution in [2.24, 2.45) is 0 Å². The topological polar surface area (TPSA) is 9.23 Å². The molecule has 14 heavy (non-hydrogen) atoms. The molecule has 1 rings (SSSR count). The third-order valence-electron chi connectivity index (χ3n) is 1.60. The standard InChI is InChI=1S/C10H10BrCl2O/c11-5-1-2-6-14-10-4-3-8(12)7-9(10)13/h3,7H,1-2,5-6H2. The Balaban J connectivity index is 2.42. The Bertz CT molecular complexity index is 291. The van der Waals surface area contributed by atoms with Crippen LogP contribution in [0.15, 0.2) is 12.1 Å². The molecular weight excluding hydrogens is 287 g/mol. The maximum absolute atomic E-state index is 5.89. The zero-order valence-corrected chi connectivity index (χ0v) is 10.6. The molecule has 1 nitrogen and oxygen atoms in total. The molecule has 1 radical (unpaired) electrons. The van der Waals surface area contributed by atoms with Crippen molar-refractivity contribution in [2.75, 3.05) is 11.9 Å². The molecule has 0 aliphatic rings. The lowest BCUT2D eigenvalue weighted by Gasteiger charge is -2.06. The molecule has 0 aliphatic carbocycles. The van der Waals surface area contributed by atoms with E-state index in [-0.39, 0.29) is 0 Å². The predicted molar refractivity (Wildman–Crippen MR) is 63.8 cm³/mol. The van der Waals surface area contributed by atoms with Crippen LogP contribution in [-0.4, -0.2) is 11.9 Å². The maximum atomic E-state index is 5.89. The SMILES string of the molecule is Clc1c[c]c(OCCCCBr)c(Cl)c1. The van der Waals surface area contributed by atoms with Crippen molar-refractivity contribution in [1.82, 2.24) is 0 Å². The minimum atomic E-state index is 0.511. The van der Waals surface area contributed by atoms with Crippen molar-refractivity contribution in [3.8, 4) is 5.75 Å². The van der Waals surface area contributed by atoms with E-state index < -0.39 is 0 Å². The van der Waals surface area contributed by atoms with Crippen LogP contribution in [0.2, 0.25) is 10.0 Å². The Morgan fingerprint density at radius 2 is 2.14 bits per heavy atom. The molecule has 0 spiro atoms. The maximum Gasteiger partial charge on any atom is 0.145 e. The molecule has 1 aromatic carbocycles. The van der Waals surface area contributed by atoms with Crippen LogP contribution in [-0.2, 0) is 0 Å². The van der Waals surface area contributed by atoms with E-state index in [2.05, 4.69) is 22.0 Å². The number of alkyl halides is 1. The monoisotopic (exact) mass is 295 g/mol. The molecule has 0 bridgehead atoms. The number of halogens is 3. The van der Waals surface area contributed by atoms with Crippen molar-refractivity contribution in [3.05, 3.63) is 28.2 Å². The van der Waals surface area contributed by atoms with Gasteiger partial charge in [0.1, 0.15) is 5.75 Å². The minimum Gasteiger partial charge on any atom is -0.491 e. The van der Waals surface area contributed by atoms with Crippen LogP contribution in [0.1, 0.15) is 12.8 Å². The fourth-order valence-electron chi connectivity index (χ4n) is 0.913. The molecule has 0 amide bonds. The lowest BCUT2D eigenvalue weighted by atomic mass is 10.3. The van der Waals surface area contributed by atoms with E-state index in [0.717, 1.165) is 18.2 Å². The zero-order valence-electron chi connectivity index (χ0n) is 7.53. The highest BCUT2D eigenvalue weighted by molar-refractivity contribution is 9.09. The summed E-state index contributed by atoms with van der Waals surface area (Å²) in [6, 6.07) is 6.18. The van der Waals surface area contributed by atoms with Gasteiger partial charge in [0.2, 0.25) is 0 Å². The molecule has 0 saturated heterocycles. The van der Waals surface area contributed by atoms with Gasteiger partial charge < -0.3 is 4.74 Å². The molecule has 0 aromatic heterocycles. The first-order chi connectivity index (χ1) is 6.74. The molecule has 0 atom stereocenters. The summed E-state index contributed by atoms with van der Waals surface area (Å²) in [5.41, 5.74) is 0. The van der Waals surface area contributed by atoms with Crippen LogP contribution >= 0.6 is 39.1 Å². The normalized spacial score (nSPS) is 10.2. The fourth-order valence-corrected chi connectivity index (χ4v) is 1.76. The number of benzene rings is 1. The molecule has 4 heteroatoms. The van der Waals surface area contributed by atoms with Gasteiger partial charge in [-0.3, -0.25) is 0 Å². The Labute approximate surface area is 102 Å². The minimum absolute atomic E-state index is 0.511. The van der Waals surface area contributed by atoms with Crippen molar-refractivity contribution in [2.45, 2.75) is 12.8 Å². The number of unbranched alkanes of at least 4 members (excludes halogenated alkanes) is 1. The fraction of sp³-hybridized carbons (Fsp3) is 0.400. The van der Waals surface area contributed by atoms with Gasteiger partial charge in [-0.1, -0.05) is 39.1 Å². The van der Waals surface area contributed by atoms with E-state index in [4.69, 9.17) is 27.9 Å². The summed E-state index contributed by atoms with van der Waals surface area (Å²) in [5, 5.41) is 2.08.